The third-order valence-electron chi connectivity index (χ3n) is 4.37. The van der Waals surface area contributed by atoms with Crippen LogP contribution in [0.5, 0.6) is 5.75 Å². The molecule has 1 atom stereocenters. The molecule has 0 radical (unpaired) electrons. The van der Waals surface area contributed by atoms with Gasteiger partial charge in [0.25, 0.3) is 0 Å². The summed E-state index contributed by atoms with van der Waals surface area (Å²) in [4.78, 5) is 17.9. The monoisotopic (exact) mass is 329 g/mol. The summed E-state index contributed by atoms with van der Waals surface area (Å²) in [6, 6.07) is 6.54. The smallest absolute Gasteiger partial charge is 0.221 e. The van der Waals surface area contributed by atoms with Crippen LogP contribution in [-0.4, -0.2) is 51.8 Å². The molecule has 0 saturated carbocycles. The molecule has 24 heavy (non-hydrogen) atoms. The van der Waals surface area contributed by atoms with Crippen LogP contribution in [0.2, 0.25) is 0 Å². The quantitative estimate of drug-likeness (QED) is 0.887. The number of hydrogen-bond donors (Lipinski definition) is 1. The molecule has 1 saturated heterocycles. The topological polar surface area (TPSA) is 72.3 Å². The van der Waals surface area contributed by atoms with Gasteiger partial charge in [0, 0.05) is 37.7 Å². The van der Waals surface area contributed by atoms with Crippen molar-refractivity contribution in [3.05, 3.63) is 42.0 Å². The number of nitrogens with one attached hydrogen (secondary N) is 1. The van der Waals surface area contributed by atoms with Gasteiger partial charge < -0.3 is 10.1 Å². The number of rotatable bonds is 5. The van der Waals surface area contributed by atoms with Crippen LogP contribution in [0.25, 0.3) is 0 Å². The Labute approximate surface area is 141 Å². The highest BCUT2D eigenvalue weighted by atomic mass is 16.5. The molecule has 0 unspecified atom stereocenters. The van der Waals surface area contributed by atoms with Crippen molar-refractivity contribution in [2.45, 2.75) is 32.5 Å². The van der Waals surface area contributed by atoms with E-state index in [0.717, 1.165) is 24.4 Å². The molecule has 1 N–H and O–H groups in total. The van der Waals surface area contributed by atoms with E-state index in [-0.39, 0.29) is 5.91 Å². The van der Waals surface area contributed by atoms with Crippen molar-refractivity contribution in [1.82, 2.24) is 25.0 Å². The molecule has 0 bridgehead atoms. The molecule has 1 aliphatic rings. The van der Waals surface area contributed by atoms with Gasteiger partial charge in [-0.05, 0) is 24.6 Å². The van der Waals surface area contributed by atoms with Gasteiger partial charge in [-0.15, -0.1) is 0 Å². The fourth-order valence-corrected chi connectivity index (χ4v) is 2.96. The average molecular weight is 329 g/mol. The fourth-order valence-electron chi connectivity index (χ4n) is 2.96. The summed E-state index contributed by atoms with van der Waals surface area (Å²) in [5.41, 5.74) is 2.27. The van der Waals surface area contributed by atoms with Gasteiger partial charge in [-0.25, -0.2) is 9.67 Å². The Morgan fingerprint density at radius 2 is 2.25 bits per heavy atom. The van der Waals surface area contributed by atoms with E-state index in [1.807, 2.05) is 6.07 Å². The summed E-state index contributed by atoms with van der Waals surface area (Å²) in [6.45, 7) is 5.04. The summed E-state index contributed by atoms with van der Waals surface area (Å²) >= 11 is 0. The molecule has 7 nitrogen and oxygen atoms in total. The highest BCUT2D eigenvalue weighted by molar-refractivity contribution is 5.76. The van der Waals surface area contributed by atoms with E-state index in [0.29, 0.717) is 25.6 Å². The molecule has 2 aromatic rings. The predicted molar refractivity (Wildman–Crippen MR) is 89.6 cm³/mol. The van der Waals surface area contributed by atoms with E-state index in [1.165, 1.54) is 11.9 Å². The maximum Gasteiger partial charge on any atom is 0.221 e. The maximum absolute atomic E-state index is 11.6. The first-order valence-corrected chi connectivity index (χ1v) is 8.14. The van der Waals surface area contributed by atoms with Crippen molar-refractivity contribution in [1.29, 1.82) is 0 Å². The number of aromatic nitrogens is 3. The van der Waals surface area contributed by atoms with Gasteiger partial charge in [-0.3, -0.25) is 9.69 Å². The van der Waals surface area contributed by atoms with Crippen molar-refractivity contribution in [3.63, 3.8) is 0 Å². The second-order valence-electron chi connectivity index (χ2n) is 6.11. The van der Waals surface area contributed by atoms with Gasteiger partial charge in [-0.1, -0.05) is 6.07 Å². The third kappa shape index (κ3) is 3.91. The van der Waals surface area contributed by atoms with Crippen molar-refractivity contribution in [3.8, 4) is 5.75 Å². The molecule has 2 heterocycles. The van der Waals surface area contributed by atoms with Crippen LogP contribution in [-0.2, 0) is 17.9 Å². The first-order valence-electron chi connectivity index (χ1n) is 8.14. The fraction of sp³-hybridized carbons (Fsp3) is 0.471. The molecule has 1 aromatic heterocycles. The molecule has 0 spiro atoms. The van der Waals surface area contributed by atoms with E-state index in [1.54, 1.807) is 18.1 Å². The van der Waals surface area contributed by atoms with E-state index in [2.05, 4.69) is 39.4 Å². The van der Waals surface area contributed by atoms with Gasteiger partial charge in [0.05, 0.1) is 13.7 Å². The van der Waals surface area contributed by atoms with E-state index >= 15 is 0 Å². The summed E-state index contributed by atoms with van der Waals surface area (Å²) in [7, 11) is 1.67. The lowest BCUT2D eigenvalue weighted by atomic mass is 10.1. The Balaban J connectivity index is 1.76. The molecular weight excluding hydrogens is 306 g/mol. The minimum Gasteiger partial charge on any atom is -0.496 e. The SMILES string of the molecule is COc1ccc(CN2CCC(=O)NC[C@@H]2C)cc1Cn1cncn1. The molecular formula is C17H23N5O2. The summed E-state index contributed by atoms with van der Waals surface area (Å²) in [6.07, 6.45) is 3.77. The van der Waals surface area contributed by atoms with Crippen LogP contribution in [0.3, 0.4) is 0 Å². The lowest BCUT2D eigenvalue weighted by molar-refractivity contribution is -0.120. The summed E-state index contributed by atoms with van der Waals surface area (Å²) < 4.78 is 7.24. The lowest BCUT2D eigenvalue weighted by Gasteiger charge is -2.26. The molecule has 1 aliphatic heterocycles. The number of ether oxygens (including phenoxy) is 1. The van der Waals surface area contributed by atoms with Crippen molar-refractivity contribution < 1.29 is 9.53 Å². The molecule has 1 aromatic carbocycles. The van der Waals surface area contributed by atoms with Gasteiger partial charge in [0.1, 0.15) is 18.4 Å². The molecule has 128 valence electrons. The molecule has 3 rings (SSSR count). The number of amides is 1. The minimum atomic E-state index is 0.131. The Kier molecular flexibility index (Phi) is 5.10. The Bertz CT molecular complexity index is 686. The highest BCUT2D eigenvalue weighted by Crippen LogP contribution is 2.22. The summed E-state index contributed by atoms with van der Waals surface area (Å²) in [5.74, 6) is 0.973. The van der Waals surface area contributed by atoms with Crippen LogP contribution in [0.4, 0.5) is 0 Å². The number of carbonyl (C=O) groups is 1. The van der Waals surface area contributed by atoms with Gasteiger partial charge in [0.2, 0.25) is 5.91 Å². The molecule has 0 aliphatic carbocycles. The van der Waals surface area contributed by atoms with E-state index < -0.39 is 0 Å². The number of hydrogen-bond acceptors (Lipinski definition) is 5. The third-order valence-corrected chi connectivity index (χ3v) is 4.37. The Morgan fingerprint density at radius 3 is 3.00 bits per heavy atom. The minimum absolute atomic E-state index is 0.131. The summed E-state index contributed by atoms with van der Waals surface area (Å²) in [5, 5.41) is 7.11. The van der Waals surface area contributed by atoms with Crippen molar-refractivity contribution in [2.24, 2.45) is 0 Å². The highest BCUT2D eigenvalue weighted by Gasteiger charge is 2.20. The molecule has 1 fully saturated rings. The Hall–Kier alpha value is -2.41. The number of carbonyl (C=O) groups excluding carboxylic acids is 1. The predicted octanol–water partition coefficient (Wildman–Crippen LogP) is 1.05. The van der Waals surface area contributed by atoms with E-state index in [4.69, 9.17) is 4.74 Å². The zero-order valence-electron chi connectivity index (χ0n) is 14.1. The standard InChI is InChI=1S/C17H23N5O2/c1-13-8-19-17(23)5-6-21(13)9-14-3-4-16(24-2)15(7-14)10-22-12-18-11-20-22/h3-4,7,11-13H,5-6,8-10H2,1-2H3,(H,19,23)/t13-/m0/s1. The van der Waals surface area contributed by atoms with Gasteiger partial charge >= 0.3 is 0 Å². The number of methoxy groups -OCH3 is 1. The maximum atomic E-state index is 11.6. The largest absolute Gasteiger partial charge is 0.496 e. The first kappa shape index (κ1) is 16.4. The van der Waals surface area contributed by atoms with Crippen molar-refractivity contribution >= 4 is 5.91 Å². The first-order chi connectivity index (χ1) is 11.7. The van der Waals surface area contributed by atoms with E-state index in [9.17, 15) is 4.79 Å². The Morgan fingerprint density at radius 1 is 1.38 bits per heavy atom. The second kappa shape index (κ2) is 7.44. The zero-order valence-corrected chi connectivity index (χ0v) is 14.1. The van der Waals surface area contributed by atoms with Crippen LogP contribution in [0.15, 0.2) is 30.9 Å². The van der Waals surface area contributed by atoms with Crippen LogP contribution in [0, 0.1) is 0 Å². The molecule has 1 amide bonds. The normalized spacial score (nSPS) is 18.9. The number of nitrogens with zero attached hydrogens (tertiary/aromatic N) is 4. The average Bonchev–Trinajstić information content (AvgIpc) is 3.04. The van der Waals surface area contributed by atoms with Crippen LogP contribution in [0.1, 0.15) is 24.5 Å². The van der Waals surface area contributed by atoms with Gasteiger partial charge in [0.15, 0.2) is 0 Å². The lowest BCUT2D eigenvalue weighted by Crippen LogP contribution is -2.37. The zero-order chi connectivity index (χ0) is 16.9. The molecule has 7 heteroatoms. The van der Waals surface area contributed by atoms with Crippen LogP contribution < -0.4 is 10.1 Å². The van der Waals surface area contributed by atoms with Crippen LogP contribution >= 0.6 is 0 Å². The number of benzene rings is 1. The van der Waals surface area contributed by atoms with Gasteiger partial charge in [-0.2, -0.15) is 5.10 Å². The van der Waals surface area contributed by atoms with Crippen molar-refractivity contribution in [2.75, 3.05) is 20.2 Å². The second-order valence-corrected chi connectivity index (χ2v) is 6.11.